The number of nitrogens with zero attached hydrogens (tertiary/aromatic N) is 1. The fraction of sp³-hybridized carbons (Fsp3) is 0.316. The predicted octanol–water partition coefficient (Wildman–Crippen LogP) is 2.10. The normalized spacial score (nSPS) is 10.2. The smallest absolute Gasteiger partial charge is 0.260 e. The van der Waals surface area contributed by atoms with Crippen LogP contribution < -0.4 is 15.2 Å². The molecule has 0 spiro atoms. The van der Waals surface area contributed by atoms with Crippen LogP contribution in [0.4, 0.5) is 0 Å². The molecule has 0 heterocycles. The van der Waals surface area contributed by atoms with Gasteiger partial charge in [0, 0.05) is 19.6 Å². The molecule has 128 valence electrons. The summed E-state index contributed by atoms with van der Waals surface area (Å²) < 4.78 is 10.7. The van der Waals surface area contributed by atoms with Crippen LogP contribution in [-0.4, -0.2) is 44.2 Å². The lowest BCUT2D eigenvalue weighted by Gasteiger charge is -2.22. The average molecular weight is 328 g/mol. The Balaban J connectivity index is 1.85. The summed E-state index contributed by atoms with van der Waals surface area (Å²) in [6.45, 7) is 1.59. The van der Waals surface area contributed by atoms with Gasteiger partial charge >= 0.3 is 0 Å². The molecule has 1 amide bonds. The van der Waals surface area contributed by atoms with Crippen molar-refractivity contribution in [3.63, 3.8) is 0 Å². The largest absolute Gasteiger partial charge is 0.497 e. The van der Waals surface area contributed by atoms with Gasteiger partial charge in [-0.25, -0.2) is 0 Å². The van der Waals surface area contributed by atoms with Crippen LogP contribution >= 0.6 is 0 Å². The standard InChI is InChI=1S/C19H24N2O3/c1-23-17-7-9-18(10-8-17)24-15-19(22)21(14-12-20)13-11-16-5-3-2-4-6-16/h2-10H,11-15,20H2,1H3. The molecular weight excluding hydrogens is 304 g/mol. The van der Waals surface area contributed by atoms with Crippen molar-refractivity contribution in [2.45, 2.75) is 6.42 Å². The average Bonchev–Trinajstić information content (AvgIpc) is 2.64. The van der Waals surface area contributed by atoms with E-state index in [1.807, 2.05) is 18.2 Å². The molecule has 0 aliphatic rings. The maximum absolute atomic E-state index is 12.4. The third-order valence-corrected chi connectivity index (χ3v) is 3.69. The SMILES string of the molecule is COc1ccc(OCC(=O)N(CCN)CCc2ccccc2)cc1. The van der Waals surface area contributed by atoms with Gasteiger partial charge in [0.15, 0.2) is 6.61 Å². The van der Waals surface area contributed by atoms with Crippen molar-refractivity contribution in [1.29, 1.82) is 0 Å². The molecule has 5 heteroatoms. The van der Waals surface area contributed by atoms with E-state index in [9.17, 15) is 4.79 Å². The molecule has 5 nitrogen and oxygen atoms in total. The molecule has 0 bridgehead atoms. The van der Waals surface area contributed by atoms with Crippen LogP contribution in [0, 0.1) is 0 Å². The Morgan fingerprint density at radius 1 is 1.00 bits per heavy atom. The second-order valence-electron chi connectivity index (χ2n) is 5.37. The molecule has 2 aromatic rings. The first-order valence-electron chi connectivity index (χ1n) is 8.01. The van der Waals surface area contributed by atoms with Crippen LogP contribution in [0.2, 0.25) is 0 Å². The van der Waals surface area contributed by atoms with Crippen molar-refractivity contribution in [2.24, 2.45) is 5.73 Å². The fourth-order valence-corrected chi connectivity index (χ4v) is 2.33. The van der Waals surface area contributed by atoms with E-state index in [2.05, 4.69) is 12.1 Å². The summed E-state index contributed by atoms with van der Waals surface area (Å²) in [6.07, 6.45) is 0.801. The number of carbonyl (C=O) groups excluding carboxylic acids is 1. The first kappa shape index (κ1) is 17.8. The zero-order valence-corrected chi connectivity index (χ0v) is 14.0. The van der Waals surface area contributed by atoms with Crippen LogP contribution in [0.1, 0.15) is 5.56 Å². The first-order chi connectivity index (χ1) is 11.7. The van der Waals surface area contributed by atoms with E-state index in [1.54, 1.807) is 36.3 Å². The Labute approximate surface area is 143 Å². The Bertz CT molecular complexity index is 614. The molecule has 0 aliphatic heterocycles. The minimum absolute atomic E-state index is 0.00111. The van der Waals surface area contributed by atoms with E-state index >= 15 is 0 Å². The molecule has 0 fully saturated rings. The van der Waals surface area contributed by atoms with Crippen LogP contribution in [-0.2, 0) is 11.2 Å². The Kier molecular flexibility index (Phi) is 7.11. The number of rotatable bonds is 9. The molecule has 0 atom stereocenters. The number of nitrogens with two attached hydrogens (primary N) is 1. The van der Waals surface area contributed by atoms with Crippen molar-refractivity contribution in [3.05, 3.63) is 60.2 Å². The van der Waals surface area contributed by atoms with E-state index in [0.29, 0.717) is 25.4 Å². The van der Waals surface area contributed by atoms with E-state index in [0.717, 1.165) is 12.2 Å². The van der Waals surface area contributed by atoms with Gasteiger partial charge in [-0.2, -0.15) is 0 Å². The highest BCUT2D eigenvalue weighted by molar-refractivity contribution is 5.77. The predicted molar refractivity (Wildman–Crippen MR) is 94.3 cm³/mol. The van der Waals surface area contributed by atoms with Gasteiger partial charge in [-0.3, -0.25) is 4.79 Å². The Morgan fingerprint density at radius 2 is 1.67 bits per heavy atom. The topological polar surface area (TPSA) is 64.8 Å². The van der Waals surface area contributed by atoms with Crippen LogP contribution in [0.15, 0.2) is 54.6 Å². The minimum Gasteiger partial charge on any atom is -0.497 e. The summed E-state index contributed by atoms with van der Waals surface area (Å²) in [6, 6.07) is 17.2. The molecule has 0 radical (unpaired) electrons. The lowest BCUT2D eigenvalue weighted by atomic mass is 10.1. The molecule has 2 aromatic carbocycles. The number of amides is 1. The van der Waals surface area contributed by atoms with Gasteiger partial charge in [0.05, 0.1) is 7.11 Å². The van der Waals surface area contributed by atoms with E-state index in [4.69, 9.17) is 15.2 Å². The molecule has 0 aromatic heterocycles. The summed E-state index contributed by atoms with van der Waals surface area (Å²) in [5.74, 6) is 1.33. The number of hydrogen-bond acceptors (Lipinski definition) is 4. The summed E-state index contributed by atoms with van der Waals surface area (Å²) in [5, 5.41) is 0. The van der Waals surface area contributed by atoms with Crippen LogP contribution in [0.25, 0.3) is 0 Å². The summed E-state index contributed by atoms with van der Waals surface area (Å²) >= 11 is 0. The van der Waals surface area contributed by atoms with Crippen molar-refractivity contribution < 1.29 is 14.3 Å². The van der Waals surface area contributed by atoms with Crippen LogP contribution in [0.5, 0.6) is 11.5 Å². The molecule has 0 unspecified atom stereocenters. The van der Waals surface area contributed by atoms with E-state index in [-0.39, 0.29) is 12.5 Å². The molecule has 0 saturated heterocycles. The lowest BCUT2D eigenvalue weighted by molar-refractivity contribution is -0.133. The van der Waals surface area contributed by atoms with E-state index in [1.165, 1.54) is 5.56 Å². The van der Waals surface area contributed by atoms with Crippen molar-refractivity contribution in [3.8, 4) is 11.5 Å². The molecule has 2 N–H and O–H groups in total. The number of benzene rings is 2. The van der Waals surface area contributed by atoms with E-state index < -0.39 is 0 Å². The third-order valence-electron chi connectivity index (χ3n) is 3.69. The highest BCUT2D eigenvalue weighted by Gasteiger charge is 2.13. The zero-order chi connectivity index (χ0) is 17.2. The van der Waals surface area contributed by atoms with Crippen molar-refractivity contribution >= 4 is 5.91 Å². The first-order valence-corrected chi connectivity index (χ1v) is 8.01. The second-order valence-corrected chi connectivity index (χ2v) is 5.37. The number of hydrogen-bond donors (Lipinski definition) is 1. The Hall–Kier alpha value is -2.53. The van der Waals surface area contributed by atoms with Crippen molar-refractivity contribution in [1.82, 2.24) is 4.90 Å². The third kappa shape index (κ3) is 5.59. The molecule has 2 rings (SSSR count). The number of carbonyl (C=O) groups is 1. The maximum Gasteiger partial charge on any atom is 0.260 e. The number of ether oxygens (including phenoxy) is 2. The van der Waals surface area contributed by atoms with Gasteiger partial charge in [-0.05, 0) is 36.2 Å². The fourth-order valence-electron chi connectivity index (χ4n) is 2.33. The summed E-state index contributed by atoms with van der Waals surface area (Å²) in [5.41, 5.74) is 6.82. The highest BCUT2D eigenvalue weighted by Crippen LogP contribution is 2.17. The molecule has 0 aliphatic carbocycles. The maximum atomic E-state index is 12.4. The summed E-state index contributed by atoms with van der Waals surface area (Å²) in [7, 11) is 1.61. The lowest BCUT2D eigenvalue weighted by Crippen LogP contribution is -2.39. The highest BCUT2D eigenvalue weighted by atomic mass is 16.5. The summed E-state index contributed by atoms with van der Waals surface area (Å²) in [4.78, 5) is 14.1. The Morgan fingerprint density at radius 3 is 2.29 bits per heavy atom. The monoisotopic (exact) mass is 328 g/mol. The van der Waals surface area contributed by atoms with Gasteiger partial charge in [0.25, 0.3) is 5.91 Å². The van der Waals surface area contributed by atoms with Gasteiger partial charge in [-0.1, -0.05) is 30.3 Å². The second kappa shape index (κ2) is 9.57. The quantitative estimate of drug-likeness (QED) is 0.766. The minimum atomic E-state index is -0.0628. The molecule has 24 heavy (non-hydrogen) atoms. The molecular formula is C19H24N2O3. The molecule has 0 saturated carbocycles. The zero-order valence-electron chi connectivity index (χ0n) is 14.0. The number of methoxy groups -OCH3 is 1. The van der Waals surface area contributed by atoms with Crippen LogP contribution in [0.3, 0.4) is 0 Å². The van der Waals surface area contributed by atoms with Gasteiger partial charge in [-0.15, -0.1) is 0 Å². The van der Waals surface area contributed by atoms with Gasteiger partial charge in [0.1, 0.15) is 11.5 Å². The van der Waals surface area contributed by atoms with Crippen molar-refractivity contribution in [2.75, 3.05) is 33.4 Å². The van der Waals surface area contributed by atoms with Gasteiger partial charge in [0.2, 0.25) is 0 Å². The van der Waals surface area contributed by atoms with Gasteiger partial charge < -0.3 is 20.1 Å².